The Balaban J connectivity index is 1.52. The van der Waals surface area contributed by atoms with E-state index in [-0.39, 0.29) is 12.7 Å². The number of carbonyl (C=O) groups excluding carboxylic acids is 1. The van der Waals surface area contributed by atoms with E-state index in [1.165, 1.54) is 0 Å². The van der Waals surface area contributed by atoms with Crippen LogP contribution in [0.15, 0.2) is 54.7 Å². The van der Waals surface area contributed by atoms with Gasteiger partial charge in [-0.05, 0) is 36.2 Å². The van der Waals surface area contributed by atoms with E-state index in [1.54, 1.807) is 6.20 Å². The van der Waals surface area contributed by atoms with Gasteiger partial charge in [-0.3, -0.25) is 9.78 Å². The van der Waals surface area contributed by atoms with Crippen LogP contribution >= 0.6 is 0 Å². The van der Waals surface area contributed by atoms with E-state index in [4.69, 9.17) is 9.47 Å². The minimum atomic E-state index is 0.0864. The van der Waals surface area contributed by atoms with Gasteiger partial charge >= 0.3 is 0 Å². The molecular formula is C21H20N2O3. The summed E-state index contributed by atoms with van der Waals surface area (Å²) < 4.78 is 10.8. The maximum absolute atomic E-state index is 12.9. The Labute approximate surface area is 152 Å². The highest BCUT2D eigenvalue weighted by Crippen LogP contribution is 2.32. The van der Waals surface area contributed by atoms with Crippen LogP contribution in [-0.2, 0) is 17.8 Å². The second-order valence-electron chi connectivity index (χ2n) is 6.26. The van der Waals surface area contributed by atoms with Gasteiger partial charge in [0.15, 0.2) is 11.5 Å². The lowest BCUT2D eigenvalue weighted by atomic mass is 10.1. The van der Waals surface area contributed by atoms with E-state index in [1.807, 2.05) is 60.4 Å². The van der Waals surface area contributed by atoms with Crippen LogP contribution in [0.2, 0.25) is 0 Å². The Morgan fingerprint density at radius 3 is 2.85 bits per heavy atom. The predicted molar refractivity (Wildman–Crippen MR) is 99.1 cm³/mol. The zero-order valence-electron chi connectivity index (χ0n) is 14.6. The normalized spacial score (nSPS) is 12.3. The van der Waals surface area contributed by atoms with Crippen molar-refractivity contribution in [2.45, 2.75) is 19.9 Å². The highest BCUT2D eigenvalue weighted by Gasteiger charge is 2.17. The monoisotopic (exact) mass is 348 g/mol. The molecule has 5 heteroatoms. The van der Waals surface area contributed by atoms with Gasteiger partial charge in [0.1, 0.15) is 0 Å². The summed E-state index contributed by atoms with van der Waals surface area (Å²) in [4.78, 5) is 19.2. The van der Waals surface area contributed by atoms with E-state index in [9.17, 15) is 4.79 Å². The number of aromatic nitrogens is 1. The van der Waals surface area contributed by atoms with Crippen molar-refractivity contribution in [3.8, 4) is 11.5 Å². The molecule has 26 heavy (non-hydrogen) atoms. The van der Waals surface area contributed by atoms with Crippen LogP contribution < -0.4 is 9.47 Å². The number of benzene rings is 2. The summed E-state index contributed by atoms with van der Waals surface area (Å²) in [5.41, 5.74) is 2.88. The number of hydrogen-bond donors (Lipinski definition) is 0. The number of likely N-dealkylation sites (N-methyl/N-ethyl adjacent to an activating group) is 1. The summed E-state index contributed by atoms with van der Waals surface area (Å²) in [6.07, 6.45) is 2.10. The number of carbonyl (C=O) groups is 1. The number of hydrogen-bond acceptors (Lipinski definition) is 4. The van der Waals surface area contributed by atoms with Gasteiger partial charge in [0.2, 0.25) is 12.7 Å². The Hall–Kier alpha value is -3.08. The molecule has 1 aliphatic heterocycles. The van der Waals surface area contributed by atoms with Gasteiger partial charge < -0.3 is 14.4 Å². The van der Waals surface area contributed by atoms with Crippen LogP contribution in [-0.4, -0.2) is 29.1 Å². The van der Waals surface area contributed by atoms with Gasteiger partial charge in [0, 0.05) is 24.7 Å². The number of nitrogens with zero attached hydrogens (tertiary/aromatic N) is 2. The van der Waals surface area contributed by atoms with E-state index >= 15 is 0 Å². The maximum Gasteiger partial charge on any atom is 0.231 e. The molecule has 1 aliphatic rings. The summed E-state index contributed by atoms with van der Waals surface area (Å²) in [6.45, 7) is 3.44. The minimum absolute atomic E-state index is 0.0864. The van der Waals surface area contributed by atoms with Gasteiger partial charge in [0.25, 0.3) is 0 Å². The fourth-order valence-electron chi connectivity index (χ4n) is 3.22. The van der Waals surface area contributed by atoms with Crippen molar-refractivity contribution < 1.29 is 14.3 Å². The molecule has 4 rings (SSSR count). The van der Waals surface area contributed by atoms with E-state index in [0.717, 1.165) is 33.5 Å². The van der Waals surface area contributed by atoms with Crippen molar-refractivity contribution in [2.75, 3.05) is 13.3 Å². The molecule has 2 heterocycles. The zero-order valence-corrected chi connectivity index (χ0v) is 14.6. The summed E-state index contributed by atoms with van der Waals surface area (Å²) in [7, 11) is 0. The molecule has 0 saturated carbocycles. The fourth-order valence-corrected chi connectivity index (χ4v) is 3.22. The Morgan fingerprint density at radius 2 is 1.96 bits per heavy atom. The molecule has 0 atom stereocenters. The summed E-state index contributed by atoms with van der Waals surface area (Å²) >= 11 is 0. The summed E-state index contributed by atoms with van der Waals surface area (Å²) in [6, 6.07) is 15.7. The molecule has 0 saturated heterocycles. The molecule has 0 fully saturated rings. The largest absolute Gasteiger partial charge is 0.454 e. The molecule has 0 bridgehead atoms. The predicted octanol–water partition coefficient (Wildman–Crippen LogP) is 3.55. The fraction of sp³-hybridized carbons (Fsp3) is 0.238. The molecule has 0 unspecified atom stereocenters. The van der Waals surface area contributed by atoms with E-state index in [0.29, 0.717) is 19.5 Å². The maximum atomic E-state index is 12.9. The van der Waals surface area contributed by atoms with E-state index in [2.05, 4.69) is 4.98 Å². The number of para-hydroxylation sites is 1. The van der Waals surface area contributed by atoms with Gasteiger partial charge in [-0.25, -0.2) is 0 Å². The van der Waals surface area contributed by atoms with Crippen molar-refractivity contribution in [1.29, 1.82) is 0 Å². The lowest BCUT2D eigenvalue weighted by Gasteiger charge is -2.21. The third-order valence-electron chi connectivity index (χ3n) is 4.60. The lowest BCUT2D eigenvalue weighted by Crippen LogP contribution is -2.31. The van der Waals surface area contributed by atoms with Crippen molar-refractivity contribution in [2.24, 2.45) is 0 Å². The first-order chi connectivity index (χ1) is 12.7. The van der Waals surface area contributed by atoms with Gasteiger partial charge in [-0.2, -0.15) is 0 Å². The molecule has 0 N–H and O–H groups in total. The summed E-state index contributed by atoms with van der Waals surface area (Å²) in [5, 5.41) is 1.05. The highest BCUT2D eigenvalue weighted by atomic mass is 16.7. The standard InChI is InChI=1S/C21H20N2O3/c1-2-23(13-15-8-9-18-19(11-15)26-14-25-18)20(24)12-17-6-3-5-16-7-4-10-22-21(16)17/h3-11H,2,12-14H2,1H3. The average molecular weight is 348 g/mol. The Bertz CT molecular complexity index is 950. The molecule has 1 aromatic heterocycles. The Morgan fingerprint density at radius 1 is 1.12 bits per heavy atom. The second-order valence-corrected chi connectivity index (χ2v) is 6.26. The average Bonchev–Trinajstić information content (AvgIpc) is 3.14. The van der Waals surface area contributed by atoms with Crippen LogP contribution in [0.5, 0.6) is 11.5 Å². The first-order valence-electron chi connectivity index (χ1n) is 8.73. The van der Waals surface area contributed by atoms with Crippen LogP contribution in [0.25, 0.3) is 10.9 Å². The van der Waals surface area contributed by atoms with Crippen LogP contribution in [0.1, 0.15) is 18.1 Å². The smallest absolute Gasteiger partial charge is 0.231 e. The zero-order chi connectivity index (χ0) is 17.9. The first-order valence-corrected chi connectivity index (χ1v) is 8.73. The number of rotatable bonds is 5. The van der Waals surface area contributed by atoms with Crippen LogP contribution in [0.3, 0.4) is 0 Å². The molecule has 0 spiro atoms. The number of amides is 1. The third kappa shape index (κ3) is 3.20. The number of fused-ring (bicyclic) bond motifs is 2. The topological polar surface area (TPSA) is 51.7 Å². The quantitative estimate of drug-likeness (QED) is 0.707. The SMILES string of the molecule is CCN(Cc1ccc2c(c1)OCO2)C(=O)Cc1cccc2cccnc12. The molecule has 5 nitrogen and oxygen atoms in total. The van der Waals surface area contributed by atoms with Gasteiger partial charge in [0.05, 0.1) is 11.9 Å². The second kappa shape index (κ2) is 7.04. The van der Waals surface area contributed by atoms with Crippen molar-refractivity contribution in [1.82, 2.24) is 9.88 Å². The molecular weight excluding hydrogens is 328 g/mol. The molecule has 3 aromatic rings. The molecule has 1 amide bonds. The lowest BCUT2D eigenvalue weighted by molar-refractivity contribution is -0.130. The van der Waals surface area contributed by atoms with Gasteiger partial charge in [-0.1, -0.05) is 30.3 Å². The molecule has 0 aliphatic carbocycles. The number of pyridine rings is 1. The number of ether oxygens (including phenoxy) is 2. The van der Waals surface area contributed by atoms with E-state index < -0.39 is 0 Å². The van der Waals surface area contributed by atoms with Gasteiger partial charge in [-0.15, -0.1) is 0 Å². The molecule has 2 aromatic carbocycles. The molecule has 132 valence electrons. The highest BCUT2D eigenvalue weighted by molar-refractivity contribution is 5.87. The first kappa shape index (κ1) is 16.4. The van der Waals surface area contributed by atoms with Crippen molar-refractivity contribution >= 4 is 16.8 Å². The van der Waals surface area contributed by atoms with Crippen molar-refractivity contribution in [3.05, 3.63) is 65.9 Å². The Kier molecular flexibility index (Phi) is 4.44. The molecule has 0 radical (unpaired) electrons. The van der Waals surface area contributed by atoms with Crippen LogP contribution in [0, 0.1) is 0 Å². The van der Waals surface area contributed by atoms with Crippen LogP contribution in [0.4, 0.5) is 0 Å². The third-order valence-corrected chi connectivity index (χ3v) is 4.60. The van der Waals surface area contributed by atoms with Crippen molar-refractivity contribution in [3.63, 3.8) is 0 Å². The minimum Gasteiger partial charge on any atom is -0.454 e. The summed E-state index contributed by atoms with van der Waals surface area (Å²) in [5.74, 6) is 1.58.